The average Bonchev–Trinajstić information content (AvgIpc) is 2.96. The Morgan fingerprint density at radius 3 is 2.08 bits per heavy atom. The van der Waals surface area contributed by atoms with Crippen molar-refractivity contribution < 1.29 is 19.0 Å². The molecule has 0 bridgehead atoms. The molecule has 0 unspecified atom stereocenters. The lowest BCUT2D eigenvalue weighted by atomic mass is 10.1. The zero-order valence-electron chi connectivity index (χ0n) is 21.4. The average molecular weight is 583 g/mol. The van der Waals surface area contributed by atoms with Gasteiger partial charge < -0.3 is 19.5 Å². The van der Waals surface area contributed by atoms with Crippen molar-refractivity contribution in [3.8, 4) is 23.3 Å². The Kier molecular flexibility index (Phi) is 9.76. The van der Waals surface area contributed by atoms with E-state index in [1.807, 2.05) is 73.7 Å². The number of nitriles is 1. The van der Waals surface area contributed by atoms with Crippen molar-refractivity contribution in [2.75, 3.05) is 11.9 Å². The molecule has 39 heavy (non-hydrogen) atoms. The molecule has 0 saturated heterocycles. The van der Waals surface area contributed by atoms with Crippen molar-refractivity contribution in [1.29, 1.82) is 5.26 Å². The predicted octanol–water partition coefficient (Wildman–Crippen LogP) is 7.55. The number of hydrogen-bond donors (Lipinski definition) is 1. The summed E-state index contributed by atoms with van der Waals surface area (Å²) in [4.78, 5) is 12.9. The lowest BCUT2D eigenvalue weighted by Crippen LogP contribution is -2.13. The molecular weight excluding hydrogens is 556 g/mol. The number of nitrogens with one attached hydrogen (secondary N) is 1. The van der Waals surface area contributed by atoms with Gasteiger partial charge in [0.05, 0.1) is 11.1 Å². The van der Waals surface area contributed by atoms with E-state index >= 15 is 0 Å². The molecule has 0 aliphatic rings. The van der Waals surface area contributed by atoms with Gasteiger partial charge in [-0.15, -0.1) is 0 Å². The summed E-state index contributed by atoms with van der Waals surface area (Å²) in [6.45, 7) is 3.13. The highest BCUT2D eigenvalue weighted by atomic mass is 79.9. The molecule has 196 valence electrons. The maximum atomic E-state index is 12.9. The monoisotopic (exact) mass is 582 g/mol. The molecule has 0 saturated carbocycles. The summed E-state index contributed by atoms with van der Waals surface area (Å²) in [6, 6.07) is 32.2. The van der Waals surface area contributed by atoms with Crippen LogP contribution in [0.5, 0.6) is 17.2 Å². The quantitative estimate of drug-likeness (QED) is 0.146. The highest BCUT2D eigenvalue weighted by molar-refractivity contribution is 9.10. The van der Waals surface area contributed by atoms with Gasteiger partial charge >= 0.3 is 0 Å². The molecule has 1 amide bonds. The number of halogens is 1. The lowest BCUT2D eigenvalue weighted by molar-refractivity contribution is -0.112. The van der Waals surface area contributed by atoms with E-state index in [0.29, 0.717) is 52.8 Å². The van der Waals surface area contributed by atoms with Gasteiger partial charge in [0.1, 0.15) is 30.6 Å². The highest BCUT2D eigenvalue weighted by Gasteiger charge is 2.15. The number of benzene rings is 4. The molecule has 4 rings (SSSR count). The van der Waals surface area contributed by atoms with E-state index < -0.39 is 5.91 Å². The first kappa shape index (κ1) is 27.5. The fourth-order valence-corrected chi connectivity index (χ4v) is 4.27. The van der Waals surface area contributed by atoms with Crippen molar-refractivity contribution in [3.63, 3.8) is 0 Å². The van der Waals surface area contributed by atoms with Crippen LogP contribution in [0.25, 0.3) is 6.08 Å². The van der Waals surface area contributed by atoms with E-state index in [1.54, 1.807) is 36.4 Å². The number of nitrogens with zero attached hydrogens (tertiary/aromatic N) is 1. The molecule has 4 aromatic carbocycles. The third-order valence-corrected chi connectivity index (χ3v) is 6.18. The third kappa shape index (κ3) is 7.97. The number of rotatable bonds is 11. The Balaban J connectivity index is 1.44. The topological polar surface area (TPSA) is 80.6 Å². The van der Waals surface area contributed by atoms with Crippen molar-refractivity contribution in [2.45, 2.75) is 20.1 Å². The highest BCUT2D eigenvalue weighted by Crippen LogP contribution is 2.38. The normalized spacial score (nSPS) is 10.8. The number of carbonyl (C=O) groups excluding carboxylic acids is 1. The van der Waals surface area contributed by atoms with Crippen LogP contribution in [0, 0.1) is 11.3 Å². The largest absolute Gasteiger partial charge is 0.490 e. The Morgan fingerprint density at radius 1 is 0.872 bits per heavy atom. The van der Waals surface area contributed by atoms with Crippen LogP contribution >= 0.6 is 15.9 Å². The molecule has 7 heteroatoms. The number of hydrogen-bond acceptors (Lipinski definition) is 5. The minimum Gasteiger partial charge on any atom is -0.490 e. The van der Waals surface area contributed by atoms with E-state index in [4.69, 9.17) is 14.2 Å². The maximum Gasteiger partial charge on any atom is 0.266 e. The second-order valence-electron chi connectivity index (χ2n) is 8.46. The molecule has 1 N–H and O–H groups in total. The SMILES string of the molecule is CCOc1cc(/C=C(\C#N)C(=O)Nc2ccc(OCc3ccccc3)cc2)cc(Br)c1OCc1ccccc1. The molecule has 0 radical (unpaired) electrons. The molecule has 0 atom stereocenters. The Labute approximate surface area is 236 Å². The molecule has 0 aliphatic carbocycles. The molecule has 0 spiro atoms. The van der Waals surface area contributed by atoms with Gasteiger partial charge in [0, 0.05) is 5.69 Å². The smallest absolute Gasteiger partial charge is 0.266 e. The summed E-state index contributed by atoms with van der Waals surface area (Å²) in [5, 5.41) is 12.5. The second-order valence-corrected chi connectivity index (χ2v) is 9.31. The van der Waals surface area contributed by atoms with Gasteiger partial charge in [-0.3, -0.25) is 4.79 Å². The maximum absolute atomic E-state index is 12.9. The van der Waals surface area contributed by atoms with Crippen molar-refractivity contribution in [1.82, 2.24) is 0 Å². The standard InChI is InChI=1S/C32H27BrN2O4/c1-2-37-30-19-25(18-29(33)31(30)39-22-24-11-7-4-8-12-24)17-26(20-34)32(36)35-27-13-15-28(16-14-27)38-21-23-9-5-3-6-10-23/h3-19H,2,21-22H2,1H3,(H,35,36)/b26-17+. The Hall–Kier alpha value is -4.54. The van der Waals surface area contributed by atoms with Crippen LogP contribution in [0.1, 0.15) is 23.6 Å². The van der Waals surface area contributed by atoms with E-state index in [2.05, 4.69) is 21.2 Å². The summed E-state index contributed by atoms with van der Waals surface area (Å²) in [5.41, 5.74) is 3.21. The van der Waals surface area contributed by atoms with Gasteiger partial charge in [-0.2, -0.15) is 5.26 Å². The fourth-order valence-electron chi connectivity index (χ4n) is 3.69. The molecular formula is C32H27BrN2O4. The Bertz CT molecular complexity index is 1460. The summed E-state index contributed by atoms with van der Waals surface area (Å²) in [6.07, 6.45) is 1.51. The van der Waals surface area contributed by atoms with Crippen LogP contribution in [-0.4, -0.2) is 12.5 Å². The van der Waals surface area contributed by atoms with Crippen LogP contribution < -0.4 is 19.5 Å². The molecule has 6 nitrogen and oxygen atoms in total. The van der Waals surface area contributed by atoms with E-state index in [0.717, 1.165) is 11.1 Å². The second kappa shape index (κ2) is 13.8. The first-order valence-corrected chi connectivity index (χ1v) is 13.2. The van der Waals surface area contributed by atoms with Crippen molar-refractivity contribution in [2.24, 2.45) is 0 Å². The van der Waals surface area contributed by atoms with Crippen molar-refractivity contribution in [3.05, 3.63) is 124 Å². The van der Waals surface area contributed by atoms with Gasteiger partial charge in [-0.1, -0.05) is 60.7 Å². The first-order valence-electron chi connectivity index (χ1n) is 12.4. The number of carbonyl (C=O) groups is 1. The van der Waals surface area contributed by atoms with Crippen LogP contribution in [-0.2, 0) is 18.0 Å². The number of ether oxygens (including phenoxy) is 3. The number of anilines is 1. The van der Waals surface area contributed by atoms with Crippen LogP contribution in [0.2, 0.25) is 0 Å². The van der Waals surface area contributed by atoms with E-state index in [1.165, 1.54) is 6.08 Å². The van der Waals surface area contributed by atoms with Gasteiger partial charge in [0.25, 0.3) is 5.91 Å². The minimum atomic E-state index is -0.519. The van der Waals surface area contributed by atoms with Gasteiger partial charge in [0.15, 0.2) is 11.5 Å². The molecule has 0 aromatic heterocycles. The van der Waals surface area contributed by atoms with Crippen LogP contribution in [0.15, 0.2) is 107 Å². The Morgan fingerprint density at radius 2 is 1.49 bits per heavy atom. The van der Waals surface area contributed by atoms with Gasteiger partial charge in [-0.05, 0) is 82.0 Å². The first-order chi connectivity index (χ1) is 19.1. The zero-order chi connectivity index (χ0) is 27.5. The molecule has 4 aromatic rings. The van der Waals surface area contributed by atoms with E-state index in [-0.39, 0.29) is 5.57 Å². The molecule has 0 heterocycles. The predicted molar refractivity (Wildman–Crippen MR) is 156 cm³/mol. The summed E-state index contributed by atoms with van der Waals surface area (Å²) >= 11 is 3.55. The minimum absolute atomic E-state index is 0.0493. The van der Waals surface area contributed by atoms with Gasteiger partial charge in [-0.25, -0.2) is 0 Å². The summed E-state index contributed by atoms with van der Waals surface area (Å²) in [5.74, 6) is 1.22. The lowest BCUT2D eigenvalue weighted by Gasteiger charge is -2.15. The van der Waals surface area contributed by atoms with Crippen molar-refractivity contribution >= 4 is 33.6 Å². The zero-order valence-corrected chi connectivity index (χ0v) is 23.0. The fraction of sp³-hybridized carbons (Fsp3) is 0.125. The van der Waals surface area contributed by atoms with Crippen LogP contribution in [0.4, 0.5) is 5.69 Å². The third-order valence-electron chi connectivity index (χ3n) is 5.59. The molecule has 0 aliphatic heterocycles. The summed E-state index contributed by atoms with van der Waals surface area (Å²) in [7, 11) is 0. The summed E-state index contributed by atoms with van der Waals surface area (Å²) < 4.78 is 18.3. The van der Waals surface area contributed by atoms with Gasteiger partial charge in [0.2, 0.25) is 0 Å². The van der Waals surface area contributed by atoms with Crippen LogP contribution in [0.3, 0.4) is 0 Å². The van der Waals surface area contributed by atoms with E-state index in [9.17, 15) is 10.1 Å². The molecule has 0 fully saturated rings. The number of amides is 1.